The number of benzene rings is 3. The van der Waals surface area contributed by atoms with Gasteiger partial charge in [-0.2, -0.15) is 5.10 Å². The molecule has 2 N–H and O–H groups in total. The van der Waals surface area contributed by atoms with Gasteiger partial charge in [0, 0.05) is 15.7 Å². The van der Waals surface area contributed by atoms with E-state index in [1.54, 1.807) is 72.8 Å². The van der Waals surface area contributed by atoms with Gasteiger partial charge in [-0.3, -0.25) is 9.59 Å². The molecule has 0 heterocycles. The minimum Gasteiger partial charge on any atom is -0.422 e. The fraction of sp³-hybridized carbons (Fsp3) is 0. The van der Waals surface area contributed by atoms with Crippen molar-refractivity contribution in [2.75, 3.05) is 5.32 Å². The van der Waals surface area contributed by atoms with E-state index in [-0.39, 0.29) is 16.3 Å². The van der Waals surface area contributed by atoms with Crippen molar-refractivity contribution in [3.8, 4) is 5.75 Å². The Morgan fingerprint density at radius 1 is 0.935 bits per heavy atom. The Hall–Kier alpha value is -3.49. The summed E-state index contributed by atoms with van der Waals surface area (Å²) < 4.78 is 6.12. The summed E-state index contributed by atoms with van der Waals surface area (Å²) in [5.74, 6) is -2.28. The summed E-state index contributed by atoms with van der Waals surface area (Å²) in [4.78, 5) is 36.3. The molecule has 7 nitrogen and oxygen atoms in total. The third kappa shape index (κ3) is 6.24. The number of anilines is 1. The van der Waals surface area contributed by atoms with Crippen LogP contribution in [0.25, 0.3) is 0 Å². The second-order valence-electron chi connectivity index (χ2n) is 6.07. The van der Waals surface area contributed by atoms with Gasteiger partial charge in [0.15, 0.2) is 0 Å². The number of hydrogen-bond acceptors (Lipinski definition) is 5. The van der Waals surface area contributed by atoms with Gasteiger partial charge in [0.25, 0.3) is 0 Å². The molecule has 2 amide bonds. The number of carbonyl (C=O) groups is 3. The number of halogens is 2. The zero-order chi connectivity index (χ0) is 22.2. The maximum atomic E-state index is 12.4. The van der Waals surface area contributed by atoms with Gasteiger partial charge in [0.1, 0.15) is 5.75 Å². The molecule has 0 aliphatic heterocycles. The van der Waals surface area contributed by atoms with Crippen LogP contribution in [-0.4, -0.2) is 24.0 Å². The highest BCUT2D eigenvalue weighted by Crippen LogP contribution is 2.24. The first-order chi connectivity index (χ1) is 14.9. The van der Waals surface area contributed by atoms with E-state index >= 15 is 0 Å². The van der Waals surface area contributed by atoms with Gasteiger partial charge < -0.3 is 10.1 Å². The summed E-state index contributed by atoms with van der Waals surface area (Å²) in [5, 5.41) is 6.49. The van der Waals surface area contributed by atoms with Crippen LogP contribution in [0.1, 0.15) is 15.9 Å². The topological polar surface area (TPSA) is 96.9 Å². The van der Waals surface area contributed by atoms with Crippen molar-refractivity contribution < 1.29 is 19.1 Å². The molecule has 31 heavy (non-hydrogen) atoms. The van der Waals surface area contributed by atoms with Crippen LogP contribution in [0.4, 0.5) is 5.69 Å². The number of esters is 1. The van der Waals surface area contributed by atoms with Gasteiger partial charge in [-0.1, -0.05) is 57.9 Å². The van der Waals surface area contributed by atoms with E-state index in [9.17, 15) is 14.4 Å². The number of hydrazone groups is 1. The number of para-hydroxylation sites is 1. The molecule has 0 saturated heterocycles. The van der Waals surface area contributed by atoms with Gasteiger partial charge in [-0.05, 0) is 42.5 Å². The van der Waals surface area contributed by atoms with Crippen molar-refractivity contribution in [1.82, 2.24) is 5.43 Å². The smallest absolute Gasteiger partial charge is 0.345 e. The number of ether oxygens (including phenoxy) is 1. The Morgan fingerprint density at radius 3 is 2.39 bits per heavy atom. The second kappa shape index (κ2) is 10.5. The van der Waals surface area contributed by atoms with Crippen LogP contribution in [0.5, 0.6) is 5.75 Å². The molecule has 3 aromatic carbocycles. The first-order valence-corrected chi connectivity index (χ1v) is 10.1. The Balaban J connectivity index is 1.68. The zero-order valence-electron chi connectivity index (χ0n) is 15.8. The van der Waals surface area contributed by atoms with E-state index < -0.39 is 17.8 Å². The first kappa shape index (κ1) is 22.2. The van der Waals surface area contributed by atoms with Crippen molar-refractivity contribution in [2.45, 2.75) is 0 Å². The van der Waals surface area contributed by atoms with E-state index in [1.165, 1.54) is 6.21 Å². The largest absolute Gasteiger partial charge is 0.422 e. The predicted molar refractivity (Wildman–Crippen MR) is 121 cm³/mol. The van der Waals surface area contributed by atoms with Crippen LogP contribution < -0.4 is 15.5 Å². The van der Waals surface area contributed by atoms with Crippen molar-refractivity contribution in [2.24, 2.45) is 5.10 Å². The molecular weight excluding hydrogens is 486 g/mol. The minimum atomic E-state index is -0.954. The van der Waals surface area contributed by atoms with Crippen molar-refractivity contribution in [3.05, 3.63) is 93.4 Å². The molecule has 156 valence electrons. The molecule has 0 unspecified atom stereocenters. The highest BCUT2D eigenvalue weighted by atomic mass is 79.9. The zero-order valence-corrected chi connectivity index (χ0v) is 18.2. The maximum absolute atomic E-state index is 12.4. The monoisotopic (exact) mass is 499 g/mol. The number of nitrogens with one attached hydrogen (secondary N) is 2. The van der Waals surface area contributed by atoms with Gasteiger partial charge in [-0.25, -0.2) is 10.2 Å². The molecule has 3 aromatic rings. The van der Waals surface area contributed by atoms with Gasteiger partial charge >= 0.3 is 17.8 Å². The molecule has 9 heteroatoms. The maximum Gasteiger partial charge on any atom is 0.345 e. The molecule has 3 rings (SSSR count). The Labute approximate surface area is 191 Å². The summed E-state index contributed by atoms with van der Waals surface area (Å²) in [7, 11) is 0. The van der Waals surface area contributed by atoms with Gasteiger partial charge in [-0.15, -0.1) is 0 Å². The highest BCUT2D eigenvalue weighted by Gasteiger charge is 2.15. The minimum absolute atomic E-state index is 0.194. The molecule has 0 radical (unpaired) electrons. The first-order valence-electron chi connectivity index (χ1n) is 8.90. The van der Waals surface area contributed by atoms with E-state index in [2.05, 4.69) is 31.8 Å². The van der Waals surface area contributed by atoms with Crippen LogP contribution in [0, 0.1) is 0 Å². The quantitative estimate of drug-likeness (QED) is 0.178. The third-order valence-corrected chi connectivity index (χ3v) is 4.70. The molecular formula is C22H15BrClN3O4. The van der Waals surface area contributed by atoms with E-state index in [4.69, 9.17) is 16.3 Å². The van der Waals surface area contributed by atoms with Crippen LogP contribution >= 0.6 is 27.5 Å². The molecule has 0 atom stereocenters. The summed E-state index contributed by atoms with van der Waals surface area (Å²) in [5.41, 5.74) is 3.21. The summed E-state index contributed by atoms with van der Waals surface area (Å²) in [6.45, 7) is 0. The van der Waals surface area contributed by atoms with E-state index in [0.29, 0.717) is 15.7 Å². The number of rotatable bonds is 5. The lowest BCUT2D eigenvalue weighted by Crippen LogP contribution is -2.32. The predicted octanol–water partition coefficient (Wildman–Crippen LogP) is 4.41. The van der Waals surface area contributed by atoms with Crippen molar-refractivity contribution in [3.63, 3.8) is 0 Å². The number of nitrogens with zero attached hydrogens (tertiary/aromatic N) is 1. The Morgan fingerprint density at radius 2 is 1.65 bits per heavy atom. The van der Waals surface area contributed by atoms with Crippen LogP contribution in [0.2, 0.25) is 5.02 Å². The van der Waals surface area contributed by atoms with Crippen LogP contribution in [0.3, 0.4) is 0 Å². The van der Waals surface area contributed by atoms with Gasteiger partial charge in [0.05, 0.1) is 16.8 Å². The number of hydrogen-bond donors (Lipinski definition) is 2. The average Bonchev–Trinajstić information content (AvgIpc) is 2.76. The fourth-order valence-electron chi connectivity index (χ4n) is 2.42. The van der Waals surface area contributed by atoms with E-state index in [0.717, 1.165) is 0 Å². The SMILES string of the molecule is O=C(N/N=C/c1cc(Br)ccc1OC(=O)c1ccccc1Cl)C(=O)Nc1ccccc1. The fourth-order valence-corrected chi connectivity index (χ4v) is 3.01. The lowest BCUT2D eigenvalue weighted by atomic mass is 10.2. The summed E-state index contributed by atoms with van der Waals surface area (Å²) in [6, 6.07) is 19.9. The Kier molecular flexibility index (Phi) is 7.53. The van der Waals surface area contributed by atoms with Crippen LogP contribution in [0.15, 0.2) is 82.4 Å². The standard InChI is InChI=1S/C22H15BrClN3O4/c23-15-10-11-19(31-22(30)17-8-4-5-9-18(17)24)14(12-15)13-25-27-21(29)20(28)26-16-6-2-1-3-7-16/h1-13H,(H,26,28)(H,27,29)/b25-13+. The van der Waals surface area contributed by atoms with Crippen LogP contribution in [-0.2, 0) is 9.59 Å². The van der Waals surface area contributed by atoms with Gasteiger partial charge in [0.2, 0.25) is 0 Å². The normalized spacial score (nSPS) is 10.5. The lowest BCUT2D eigenvalue weighted by molar-refractivity contribution is -0.136. The summed E-state index contributed by atoms with van der Waals surface area (Å²) >= 11 is 9.36. The highest BCUT2D eigenvalue weighted by molar-refractivity contribution is 9.10. The molecule has 0 spiro atoms. The molecule has 0 bridgehead atoms. The van der Waals surface area contributed by atoms with Crippen molar-refractivity contribution >= 4 is 57.2 Å². The summed E-state index contributed by atoms with van der Waals surface area (Å²) in [6.07, 6.45) is 1.26. The van der Waals surface area contributed by atoms with Crippen molar-refractivity contribution in [1.29, 1.82) is 0 Å². The third-order valence-electron chi connectivity index (χ3n) is 3.88. The number of amides is 2. The lowest BCUT2D eigenvalue weighted by Gasteiger charge is -2.09. The molecule has 0 aliphatic rings. The Bertz CT molecular complexity index is 1150. The molecule has 0 aliphatic carbocycles. The molecule has 0 saturated carbocycles. The molecule has 0 fully saturated rings. The molecule has 0 aromatic heterocycles. The number of carbonyl (C=O) groups excluding carboxylic acids is 3. The van der Waals surface area contributed by atoms with E-state index in [1.807, 2.05) is 0 Å². The average molecular weight is 501 g/mol. The second-order valence-corrected chi connectivity index (χ2v) is 7.39.